The molecule has 0 aromatic heterocycles. The summed E-state index contributed by atoms with van der Waals surface area (Å²) < 4.78 is 17.9. The van der Waals surface area contributed by atoms with E-state index in [0.717, 1.165) is 39.5 Å². The first-order valence-electron chi connectivity index (χ1n) is 10.7. The summed E-state index contributed by atoms with van der Waals surface area (Å²) in [5.74, 6) is 2.21. The summed E-state index contributed by atoms with van der Waals surface area (Å²) in [4.78, 5) is 11.3. The Hall–Kier alpha value is -3.05. The van der Waals surface area contributed by atoms with Gasteiger partial charge in [0.05, 0.1) is 14.2 Å². The largest absolute Gasteiger partial charge is 0.543 e. The fraction of sp³-hybridized carbons (Fsp3) is 0.296. The molecule has 0 atom stereocenters. The van der Waals surface area contributed by atoms with Crippen molar-refractivity contribution in [2.24, 2.45) is 0 Å². The van der Waals surface area contributed by atoms with Crippen molar-refractivity contribution in [1.82, 2.24) is 0 Å². The predicted molar refractivity (Wildman–Crippen MR) is 135 cm³/mol. The molecule has 168 valence electrons. The van der Waals surface area contributed by atoms with Crippen molar-refractivity contribution in [3.8, 4) is 28.4 Å². The zero-order valence-electron chi connectivity index (χ0n) is 20.0. The molecule has 3 rings (SSSR count). The van der Waals surface area contributed by atoms with Crippen molar-refractivity contribution >= 4 is 31.5 Å². The van der Waals surface area contributed by atoms with Crippen molar-refractivity contribution in [2.45, 2.75) is 38.9 Å². The third-order valence-electron chi connectivity index (χ3n) is 6.21. The Morgan fingerprint density at radius 1 is 0.906 bits per heavy atom. The molecule has 0 aliphatic heterocycles. The molecule has 0 N–H and O–H groups in total. The molecular weight excluding hydrogens is 416 g/mol. The molecule has 0 radical (unpaired) electrons. The zero-order chi connectivity index (χ0) is 23.5. The molecule has 3 aromatic carbocycles. The second kappa shape index (κ2) is 9.21. The number of methoxy groups -OCH3 is 2. The van der Waals surface area contributed by atoms with E-state index in [-0.39, 0.29) is 5.04 Å². The van der Waals surface area contributed by atoms with Crippen molar-refractivity contribution in [1.29, 1.82) is 0 Å². The van der Waals surface area contributed by atoms with Crippen LogP contribution in [0, 0.1) is 0 Å². The van der Waals surface area contributed by atoms with Gasteiger partial charge in [-0.3, -0.25) is 4.79 Å². The first-order valence-corrected chi connectivity index (χ1v) is 13.6. The average Bonchev–Trinajstić information content (AvgIpc) is 2.76. The molecule has 0 saturated heterocycles. The maximum atomic E-state index is 11.3. The standard InChI is InChI=1S/C27H32O4Si/c1-27(2,3)32(6,7)31-26-23-12-9-8-11-19(23)17-25(24(26)13-10-14-28)20-15-21(29-4)18-22(16-20)30-5/h8-18H,1-7H3/b13-10-. The Morgan fingerprint density at radius 2 is 1.53 bits per heavy atom. The molecule has 0 aliphatic rings. The van der Waals surface area contributed by atoms with E-state index in [9.17, 15) is 4.79 Å². The van der Waals surface area contributed by atoms with E-state index in [2.05, 4.69) is 52.1 Å². The Morgan fingerprint density at radius 3 is 2.09 bits per heavy atom. The van der Waals surface area contributed by atoms with Gasteiger partial charge in [-0.15, -0.1) is 0 Å². The number of carbonyl (C=O) groups excluding carboxylic acids is 1. The van der Waals surface area contributed by atoms with E-state index >= 15 is 0 Å². The number of ether oxygens (including phenoxy) is 2. The van der Waals surface area contributed by atoms with Crippen molar-refractivity contribution in [3.63, 3.8) is 0 Å². The lowest BCUT2D eigenvalue weighted by atomic mass is 9.93. The molecule has 0 amide bonds. The number of rotatable bonds is 7. The lowest BCUT2D eigenvalue weighted by Crippen LogP contribution is -2.44. The first-order chi connectivity index (χ1) is 15.1. The topological polar surface area (TPSA) is 44.8 Å². The molecule has 3 aromatic rings. The lowest BCUT2D eigenvalue weighted by Gasteiger charge is -2.37. The SMILES string of the molecule is COc1cc(OC)cc(-c2cc3ccccc3c(O[Si](C)(C)C(C)(C)C)c2/C=C\C=O)c1. The highest BCUT2D eigenvalue weighted by atomic mass is 28.4. The Balaban J connectivity index is 2.40. The zero-order valence-corrected chi connectivity index (χ0v) is 21.0. The van der Waals surface area contributed by atoms with Crippen LogP contribution in [0.5, 0.6) is 17.2 Å². The highest BCUT2D eigenvalue weighted by Crippen LogP contribution is 2.45. The van der Waals surface area contributed by atoms with Gasteiger partial charge in [-0.2, -0.15) is 0 Å². The van der Waals surface area contributed by atoms with E-state index in [0.29, 0.717) is 11.5 Å². The van der Waals surface area contributed by atoms with Crippen LogP contribution in [-0.4, -0.2) is 28.8 Å². The number of benzene rings is 3. The van der Waals surface area contributed by atoms with E-state index in [1.165, 1.54) is 6.08 Å². The Labute approximate surface area is 192 Å². The minimum Gasteiger partial charge on any atom is -0.543 e. The van der Waals surface area contributed by atoms with Gasteiger partial charge in [0, 0.05) is 17.0 Å². The van der Waals surface area contributed by atoms with E-state index in [1.54, 1.807) is 14.2 Å². The normalized spacial score (nSPS) is 12.2. The Kier molecular flexibility index (Phi) is 6.79. The second-order valence-electron chi connectivity index (χ2n) is 9.35. The quantitative estimate of drug-likeness (QED) is 0.219. The fourth-order valence-electron chi connectivity index (χ4n) is 3.35. The maximum Gasteiger partial charge on any atom is 0.250 e. The molecule has 0 spiro atoms. The minimum absolute atomic E-state index is 0.0228. The number of carbonyl (C=O) groups is 1. The average molecular weight is 449 g/mol. The first kappa shape index (κ1) is 23.6. The van der Waals surface area contributed by atoms with E-state index < -0.39 is 8.32 Å². The maximum absolute atomic E-state index is 11.3. The van der Waals surface area contributed by atoms with Crippen molar-refractivity contribution in [2.75, 3.05) is 14.2 Å². The molecule has 4 nitrogen and oxygen atoms in total. The van der Waals surface area contributed by atoms with Gasteiger partial charge < -0.3 is 13.9 Å². The van der Waals surface area contributed by atoms with Gasteiger partial charge in [-0.05, 0) is 65.0 Å². The molecule has 0 saturated carbocycles. The highest BCUT2D eigenvalue weighted by molar-refractivity contribution is 6.74. The van der Waals surface area contributed by atoms with E-state index in [1.807, 2.05) is 36.4 Å². The molecule has 32 heavy (non-hydrogen) atoms. The number of hydrogen-bond acceptors (Lipinski definition) is 4. The van der Waals surface area contributed by atoms with E-state index in [4.69, 9.17) is 13.9 Å². The summed E-state index contributed by atoms with van der Waals surface area (Å²) in [6, 6.07) is 16.1. The van der Waals surface area contributed by atoms with Crippen LogP contribution in [0.2, 0.25) is 18.1 Å². The van der Waals surface area contributed by atoms with Gasteiger partial charge in [0.25, 0.3) is 8.32 Å². The van der Waals surface area contributed by atoms with Crippen LogP contribution in [0.1, 0.15) is 26.3 Å². The second-order valence-corrected chi connectivity index (χ2v) is 14.1. The van der Waals surface area contributed by atoms with Gasteiger partial charge in [0.2, 0.25) is 0 Å². The minimum atomic E-state index is -2.16. The van der Waals surface area contributed by atoms with Gasteiger partial charge in [-0.1, -0.05) is 45.0 Å². The molecule has 5 heteroatoms. The van der Waals surface area contributed by atoms with Crippen molar-refractivity contribution in [3.05, 3.63) is 60.2 Å². The summed E-state index contributed by atoms with van der Waals surface area (Å²) in [5.41, 5.74) is 2.75. The summed E-state index contributed by atoms with van der Waals surface area (Å²) in [6.45, 7) is 11.1. The number of allylic oxidation sites excluding steroid dienone is 1. The van der Waals surface area contributed by atoms with Crippen LogP contribution in [-0.2, 0) is 4.79 Å². The molecule has 0 aliphatic carbocycles. The van der Waals surface area contributed by atoms with Crippen LogP contribution in [0.25, 0.3) is 28.0 Å². The predicted octanol–water partition coefficient (Wildman–Crippen LogP) is 7.12. The number of hydrogen-bond donors (Lipinski definition) is 0. The number of aldehydes is 1. The molecule has 0 bridgehead atoms. The van der Waals surface area contributed by atoms with Gasteiger partial charge in [0.1, 0.15) is 23.5 Å². The lowest BCUT2D eigenvalue weighted by molar-refractivity contribution is -0.104. The van der Waals surface area contributed by atoms with Crippen LogP contribution in [0.4, 0.5) is 0 Å². The fourth-order valence-corrected chi connectivity index (χ4v) is 4.39. The summed E-state index contributed by atoms with van der Waals surface area (Å²) in [6.07, 6.45) is 4.15. The van der Waals surface area contributed by atoms with Crippen LogP contribution >= 0.6 is 0 Å². The van der Waals surface area contributed by atoms with Gasteiger partial charge >= 0.3 is 0 Å². The summed E-state index contributed by atoms with van der Waals surface area (Å²) >= 11 is 0. The highest BCUT2D eigenvalue weighted by Gasteiger charge is 2.40. The van der Waals surface area contributed by atoms with Gasteiger partial charge in [0.15, 0.2) is 0 Å². The molecular formula is C27H32O4Si. The molecule has 0 fully saturated rings. The summed E-state index contributed by atoms with van der Waals surface area (Å²) in [7, 11) is 1.11. The van der Waals surface area contributed by atoms with Crippen LogP contribution in [0.3, 0.4) is 0 Å². The molecule has 0 heterocycles. The Bertz CT molecular complexity index is 1130. The third kappa shape index (κ3) is 4.73. The number of fused-ring (bicyclic) bond motifs is 1. The monoisotopic (exact) mass is 448 g/mol. The molecule has 0 unspecified atom stereocenters. The smallest absolute Gasteiger partial charge is 0.250 e. The van der Waals surface area contributed by atoms with Gasteiger partial charge in [-0.25, -0.2) is 0 Å². The third-order valence-corrected chi connectivity index (χ3v) is 10.5. The summed E-state index contributed by atoms with van der Waals surface area (Å²) in [5, 5.41) is 2.12. The van der Waals surface area contributed by atoms with Crippen LogP contribution < -0.4 is 13.9 Å². The van der Waals surface area contributed by atoms with Crippen LogP contribution in [0.15, 0.2) is 54.6 Å². The van der Waals surface area contributed by atoms with Crippen molar-refractivity contribution < 1.29 is 18.7 Å².